The molecule has 0 aliphatic carbocycles. The lowest BCUT2D eigenvalue weighted by Gasteiger charge is -2.15. The van der Waals surface area contributed by atoms with Gasteiger partial charge in [-0.3, -0.25) is 4.79 Å². The van der Waals surface area contributed by atoms with E-state index in [4.69, 9.17) is 0 Å². The van der Waals surface area contributed by atoms with Gasteiger partial charge in [0.1, 0.15) is 12.4 Å². The van der Waals surface area contributed by atoms with Crippen molar-refractivity contribution in [2.24, 2.45) is 0 Å². The van der Waals surface area contributed by atoms with Gasteiger partial charge in [0.15, 0.2) is 17.0 Å². The summed E-state index contributed by atoms with van der Waals surface area (Å²) < 4.78 is 1.86. The second-order valence-electron chi connectivity index (χ2n) is 5.29. The Hall–Kier alpha value is -2.44. The van der Waals surface area contributed by atoms with Crippen LogP contribution in [-0.2, 0) is 4.79 Å². The maximum atomic E-state index is 12.4. The van der Waals surface area contributed by atoms with Crippen LogP contribution in [0.2, 0.25) is 0 Å². The lowest BCUT2D eigenvalue weighted by molar-refractivity contribution is -0.129. The van der Waals surface area contributed by atoms with Crippen LogP contribution in [0.15, 0.2) is 25.3 Å². The van der Waals surface area contributed by atoms with Crippen molar-refractivity contribution in [2.75, 3.05) is 32.1 Å². The normalized spacial score (nSPS) is 18.5. The molecule has 0 radical (unpaired) electrons. The molecule has 2 aromatic heterocycles. The summed E-state index contributed by atoms with van der Waals surface area (Å²) in [6.45, 7) is 5.01. The first-order valence-corrected chi connectivity index (χ1v) is 6.88. The van der Waals surface area contributed by atoms with Crippen molar-refractivity contribution in [3.8, 4) is 0 Å². The Morgan fingerprint density at radius 1 is 1.43 bits per heavy atom. The lowest BCUT2D eigenvalue weighted by Crippen LogP contribution is -2.28. The van der Waals surface area contributed by atoms with Crippen LogP contribution in [0.5, 0.6) is 0 Å². The van der Waals surface area contributed by atoms with Crippen LogP contribution in [0.25, 0.3) is 11.2 Å². The highest BCUT2D eigenvalue weighted by molar-refractivity contribution is 5.87. The van der Waals surface area contributed by atoms with Crippen LogP contribution in [0.1, 0.15) is 12.5 Å². The maximum absolute atomic E-state index is 12.4. The van der Waals surface area contributed by atoms with Crippen molar-refractivity contribution in [1.82, 2.24) is 24.4 Å². The van der Waals surface area contributed by atoms with E-state index in [0.29, 0.717) is 12.2 Å². The molecule has 21 heavy (non-hydrogen) atoms. The molecular weight excluding hydrogens is 268 g/mol. The fourth-order valence-electron chi connectivity index (χ4n) is 2.71. The molecule has 7 nitrogen and oxygen atoms in total. The molecular formula is C14H18N6O. The molecule has 1 amide bonds. The summed E-state index contributed by atoms with van der Waals surface area (Å²) in [5.41, 5.74) is 1.42. The lowest BCUT2D eigenvalue weighted by atomic mass is 10.2. The largest absolute Gasteiger partial charge is 0.361 e. The third-order valence-electron chi connectivity index (χ3n) is 3.72. The molecule has 0 aromatic carbocycles. The Kier molecular flexibility index (Phi) is 3.32. The highest BCUT2D eigenvalue weighted by Gasteiger charge is 2.33. The molecule has 0 spiro atoms. The minimum atomic E-state index is -0.236. The Bertz CT molecular complexity index is 692. The minimum absolute atomic E-state index is 0.0965. The number of fused-ring (bicyclic) bond motifs is 1. The van der Waals surface area contributed by atoms with E-state index in [0.717, 1.165) is 24.3 Å². The van der Waals surface area contributed by atoms with Crippen LogP contribution in [0.3, 0.4) is 0 Å². The van der Waals surface area contributed by atoms with E-state index in [9.17, 15) is 4.79 Å². The number of aromatic nitrogens is 4. The van der Waals surface area contributed by atoms with Gasteiger partial charge in [-0.05, 0) is 6.42 Å². The van der Waals surface area contributed by atoms with E-state index < -0.39 is 0 Å². The monoisotopic (exact) mass is 286 g/mol. The molecule has 1 aliphatic rings. The third kappa shape index (κ3) is 2.14. The first-order chi connectivity index (χ1) is 10.1. The van der Waals surface area contributed by atoms with Gasteiger partial charge in [0, 0.05) is 27.2 Å². The summed E-state index contributed by atoms with van der Waals surface area (Å²) in [5.74, 6) is 0.853. The van der Waals surface area contributed by atoms with Gasteiger partial charge in [-0.1, -0.05) is 6.08 Å². The summed E-state index contributed by atoms with van der Waals surface area (Å²) in [7, 11) is 3.82. The second-order valence-corrected chi connectivity index (χ2v) is 5.29. The van der Waals surface area contributed by atoms with Crippen molar-refractivity contribution >= 4 is 22.9 Å². The average Bonchev–Trinajstić information content (AvgIpc) is 3.03. The Morgan fingerprint density at radius 2 is 2.24 bits per heavy atom. The Morgan fingerprint density at radius 3 is 2.95 bits per heavy atom. The molecule has 0 saturated carbocycles. The number of anilines is 1. The third-order valence-corrected chi connectivity index (χ3v) is 3.72. The van der Waals surface area contributed by atoms with Crippen LogP contribution >= 0.6 is 0 Å². The first-order valence-electron chi connectivity index (χ1n) is 6.88. The zero-order valence-corrected chi connectivity index (χ0v) is 12.2. The Balaban J connectivity index is 2.01. The number of rotatable bonds is 4. The van der Waals surface area contributed by atoms with Gasteiger partial charge in [-0.25, -0.2) is 15.0 Å². The molecule has 110 valence electrons. The fraction of sp³-hybridized carbons (Fsp3) is 0.429. The number of likely N-dealkylation sites (tertiary alicyclic amines) is 1. The summed E-state index contributed by atoms with van der Waals surface area (Å²) in [6.07, 6.45) is 5.71. The van der Waals surface area contributed by atoms with Crippen LogP contribution in [0, 0.1) is 0 Å². The zero-order valence-electron chi connectivity index (χ0n) is 12.2. The van der Waals surface area contributed by atoms with E-state index >= 15 is 0 Å². The molecule has 0 bridgehead atoms. The summed E-state index contributed by atoms with van der Waals surface area (Å²) in [5, 5.41) is 0. The van der Waals surface area contributed by atoms with E-state index in [1.807, 2.05) is 23.6 Å². The van der Waals surface area contributed by atoms with Crippen LogP contribution in [-0.4, -0.2) is 57.5 Å². The van der Waals surface area contributed by atoms with Gasteiger partial charge in [-0.15, -0.1) is 6.58 Å². The number of hydrogen-bond donors (Lipinski definition) is 0. The second kappa shape index (κ2) is 5.16. The number of carbonyl (C=O) groups is 1. The number of carbonyl (C=O) groups excluding carboxylic acids is 1. The van der Waals surface area contributed by atoms with E-state index in [1.165, 1.54) is 6.33 Å². The molecule has 7 heteroatoms. The van der Waals surface area contributed by atoms with Gasteiger partial charge in [0.2, 0.25) is 5.91 Å². The van der Waals surface area contributed by atoms with E-state index in [1.54, 1.807) is 17.3 Å². The summed E-state index contributed by atoms with van der Waals surface area (Å²) >= 11 is 0. The molecule has 1 saturated heterocycles. The van der Waals surface area contributed by atoms with Gasteiger partial charge in [0.25, 0.3) is 0 Å². The molecule has 0 N–H and O–H groups in total. The smallest absolute Gasteiger partial charge is 0.246 e. The minimum Gasteiger partial charge on any atom is -0.361 e. The van der Waals surface area contributed by atoms with Crippen LogP contribution in [0.4, 0.5) is 5.82 Å². The van der Waals surface area contributed by atoms with Gasteiger partial charge >= 0.3 is 0 Å². The van der Waals surface area contributed by atoms with Crippen molar-refractivity contribution < 1.29 is 4.79 Å². The highest BCUT2D eigenvalue weighted by Crippen LogP contribution is 2.28. The van der Waals surface area contributed by atoms with Gasteiger partial charge in [-0.2, -0.15) is 0 Å². The number of nitrogens with zero attached hydrogens (tertiary/aromatic N) is 6. The maximum Gasteiger partial charge on any atom is 0.246 e. The summed E-state index contributed by atoms with van der Waals surface area (Å²) in [4.78, 5) is 29.1. The number of imidazole rings is 1. The molecule has 1 aliphatic heterocycles. The number of amides is 1. The van der Waals surface area contributed by atoms with Crippen LogP contribution < -0.4 is 4.90 Å². The highest BCUT2D eigenvalue weighted by atomic mass is 16.2. The molecule has 1 fully saturated rings. The van der Waals surface area contributed by atoms with E-state index in [2.05, 4.69) is 21.5 Å². The number of hydrogen-bond acceptors (Lipinski definition) is 5. The molecule has 3 rings (SSSR count). The van der Waals surface area contributed by atoms with Gasteiger partial charge < -0.3 is 14.4 Å². The molecule has 1 atom stereocenters. The van der Waals surface area contributed by atoms with Crippen molar-refractivity contribution in [1.29, 1.82) is 0 Å². The van der Waals surface area contributed by atoms with E-state index in [-0.39, 0.29) is 11.9 Å². The Labute approximate surface area is 122 Å². The van der Waals surface area contributed by atoms with Crippen molar-refractivity contribution in [3.05, 3.63) is 25.3 Å². The fourth-order valence-corrected chi connectivity index (χ4v) is 2.71. The molecule has 1 unspecified atom stereocenters. The van der Waals surface area contributed by atoms with Crippen molar-refractivity contribution in [2.45, 2.75) is 12.5 Å². The first kappa shape index (κ1) is 13.5. The summed E-state index contributed by atoms with van der Waals surface area (Å²) in [6, 6.07) is -0.236. The topological polar surface area (TPSA) is 67.2 Å². The molecule has 3 heterocycles. The van der Waals surface area contributed by atoms with Crippen molar-refractivity contribution in [3.63, 3.8) is 0 Å². The average molecular weight is 286 g/mol. The SMILES string of the molecule is C=CCN1CCC(n2cnc3c(N(C)C)ncnc32)C1=O. The predicted molar refractivity (Wildman–Crippen MR) is 80.1 cm³/mol. The standard InChI is InChI=1S/C14H18N6O/c1-4-6-19-7-5-10(14(19)21)20-9-17-11-12(18(2)3)15-8-16-13(11)20/h4,8-10H,1,5-7H2,2-3H3. The van der Waals surface area contributed by atoms with Gasteiger partial charge in [0.05, 0.1) is 6.33 Å². The quantitative estimate of drug-likeness (QED) is 0.780. The zero-order chi connectivity index (χ0) is 15.0. The predicted octanol–water partition coefficient (Wildman–Crippen LogP) is 0.852. The molecule has 2 aromatic rings.